The first-order valence-corrected chi connectivity index (χ1v) is 9.64. The van der Waals surface area contributed by atoms with E-state index in [-0.39, 0.29) is 24.0 Å². The SMILES string of the molecule is C[C@@H](Oc1cc(COS(C)(=O)=O)ccc1[N+](=O)[O-])C(=O)N1CCOCC1. The summed E-state index contributed by atoms with van der Waals surface area (Å²) in [5.74, 6) is -0.431. The zero-order chi connectivity index (χ0) is 19.3. The molecule has 0 spiro atoms. The summed E-state index contributed by atoms with van der Waals surface area (Å²) in [5.41, 5.74) is 0.0387. The highest BCUT2D eigenvalue weighted by Gasteiger charge is 2.26. The molecule has 1 aromatic rings. The minimum Gasteiger partial charge on any atom is -0.474 e. The topological polar surface area (TPSA) is 125 Å². The Hall–Kier alpha value is -2.24. The van der Waals surface area contributed by atoms with Crippen molar-refractivity contribution in [2.75, 3.05) is 32.6 Å². The van der Waals surface area contributed by atoms with Gasteiger partial charge in [-0.05, 0) is 24.6 Å². The average molecular weight is 388 g/mol. The molecular formula is C15H20N2O8S. The van der Waals surface area contributed by atoms with Crippen molar-refractivity contribution in [1.29, 1.82) is 0 Å². The fraction of sp³-hybridized carbons (Fsp3) is 0.533. The van der Waals surface area contributed by atoms with Crippen LogP contribution >= 0.6 is 0 Å². The second kappa shape index (κ2) is 8.43. The number of nitrogens with zero attached hydrogens (tertiary/aromatic N) is 2. The Morgan fingerprint density at radius 2 is 2.04 bits per heavy atom. The van der Waals surface area contributed by atoms with Crippen molar-refractivity contribution >= 4 is 21.7 Å². The Labute approximate surface area is 150 Å². The van der Waals surface area contributed by atoms with Crippen LogP contribution in [0.1, 0.15) is 12.5 Å². The minimum atomic E-state index is -3.66. The van der Waals surface area contributed by atoms with Crippen molar-refractivity contribution in [3.63, 3.8) is 0 Å². The molecule has 0 radical (unpaired) electrons. The van der Waals surface area contributed by atoms with Gasteiger partial charge in [0, 0.05) is 19.2 Å². The van der Waals surface area contributed by atoms with E-state index in [4.69, 9.17) is 9.47 Å². The van der Waals surface area contributed by atoms with Crippen LogP contribution in [-0.2, 0) is 30.4 Å². The fourth-order valence-electron chi connectivity index (χ4n) is 2.35. The molecule has 1 aliphatic heterocycles. The molecule has 0 bridgehead atoms. The average Bonchev–Trinajstić information content (AvgIpc) is 2.59. The van der Waals surface area contributed by atoms with Gasteiger partial charge in [0.1, 0.15) is 0 Å². The number of amides is 1. The molecular weight excluding hydrogens is 368 g/mol. The van der Waals surface area contributed by atoms with Crippen LogP contribution in [0.4, 0.5) is 5.69 Å². The Kier molecular flexibility index (Phi) is 6.51. The van der Waals surface area contributed by atoms with Gasteiger partial charge in [-0.3, -0.25) is 19.1 Å². The Bertz CT molecular complexity index is 774. The standard InChI is InChI=1S/C15H20N2O8S/c1-11(15(18)16-5-7-23-8-6-16)25-14-9-12(10-24-26(2,21)22)3-4-13(14)17(19)20/h3-4,9,11H,5-8,10H2,1-2H3/t11-/m1/s1. The molecule has 10 nitrogen and oxygen atoms in total. The lowest BCUT2D eigenvalue weighted by Crippen LogP contribution is -2.46. The van der Waals surface area contributed by atoms with Crippen molar-refractivity contribution < 1.29 is 31.8 Å². The summed E-state index contributed by atoms with van der Waals surface area (Å²) >= 11 is 0. The molecule has 2 rings (SSSR count). The fourth-order valence-corrected chi connectivity index (χ4v) is 2.70. The zero-order valence-electron chi connectivity index (χ0n) is 14.4. The molecule has 0 N–H and O–H groups in total. The Morgan fingerprint density at radius 1 is 1.38 bits per heavy atom. The summed E-state index contributed by atoms with van der Waals surface area (Å²) < 4.78 is 37.5. The van der Waals surface area contributed by atoms with Crippen LogP contribution in [0.25, 0.3) is 0 Å². The quantitative estimate of drug-likeness (QED) is 0.380. The highest BCUT2D eigenvalue weighted by molar-refractivity contribution is 7.85. The monoisotopic (exact) mass is 388 g/mol. The first-order chi connectivity index (χ1) is 12.2. The molecule has 1 atom stereocenters. The molecule has 1 aromatic carbocycles. The van der Waals surface area contributed by atoms with Crippen molar-refractivity contribution in [1.82, 2.24) is 4.90 Å². The van der Waals surface area contributed by atoms with E-state index in [1.165, 1.54) is 25.1 Å². The smallest absolute Gasteiger partial charge is 0.310 e. The molecule has 1 saturated heterocycles. The van der Waals surface area contributed by atoms with Gasteiger partial charge in [-0.15, -0.1) is 0 Å². The second-order valence-corrected chi connectivity index (χ2v) is 7.37. The molecule has 1 amide bonds. The molecule has 144 valence electrons. The van der Waals surface area contributed by atoms with Crippen molar-refractivity contribution in [3.8, 4) is 5.75 Å². The van der Waals surface area contributed by atoms with Crippen LogP contribution in [0.3, 0.4) is 0 Å². The summed E-state index contributed by atoms with van der Waals surface area (Å²) in [7, 11) is -3.66. The number of carbonyl (C=O) groups is 1. The normalized spacial score (nSPS) is 16.2. The van der Waals surface area contributed by atoms with Gasteiger partial charge < -0.3 is 14.4 Å². The number of rotatable bonds is 7. The van der Waals surface area contributed by atoms with Gasteiger partial charge in [0.05, 0.1) is 31.0 Å². The van der Waals surface area contributed by atoms with Crippen LogP contribution in [0, 0.1) is 10.1 Å². The molecule has 0 saturated carbocycles. The van der Waals surface area contributed by atoms with Crippen molar-refractivity contribution in [3.05, 3.63) is 33.9 Å². The van der Waals surface area contributed by atoms with E-state index in [1.807, 2.05) is 0 Å². The lowest BCUT2D eigenvalue weighted by Gasteiger charge is -2.29. The third-order valence-electron chi connectivity index (χ3n) is 3.63. The van der Waals surface area contributed by atoms with E-state index >= 15 is 0 Å². The molecule has 26 heavy (non-hydrogen) atoms. The summed E-state index contributed by atoms with van der Waals surface area (Å²) in [5, 5.41) is 11.2. The molecule has 11 heteroatoms. The van der Waals surface area contributed by atoms with Crippen molar-refractivity contribution in [2.45, 2.75) is 19.6 Å². The lowest BCUT2D eigenvalue weighted by molar-refractivity contribution is -0.386. The summed E-state index contributed by atoms with van der Waals surface area (Å²) in [4.78, 5) is 24.5. The summed E-state index contributed by atoms with van der Waals surface area (Å²) in [6.07, 6.45) is -0.0447. The number of nitro groups is 1. The molecule has 0 aromatic heterocycles. The number of nitro benzene ring substituents is 1. The lowest BCUT2D eigenvalue weighted by atomic mass is 10.2. The number of ether oxygens (including phenoxy) is 2. The number of hydrogen-bond donors (Lipinski definition) is 0. The van der Waals surface area contributed by atoms with E-state index in [1.54, 1.807) is 4.90 Å². The van der Waals surface area contributed by atoms with E-state index in [0.717, 1.165) is 6.26 Å². The second-order valence-electron chi connectivity index (χ2n) is 5.72. The third-order valence-corrected chi connectivity index (χ3v) is 4.18. The predicted molar refractivity (Wildman–Crippen MR) is 90.2 cm³/mol. The van der Waals surface area contributed by atoms with Gasteiger partial charge in [0.2, 0.25) is 0 Å². The van der Waals surface area contributed by atoms with E-state index < -0.39 is 21.1 Å². The third kappa shape index (κ3) is 5.64. The van der Waals surface area contributed by atoms with Gasteiger partial charge >= 0.3 is 5.69 Å². The van der Waals surface area contributed by atoms with E-state index in [0.29, 0.717) is 31.9 Å². The highest BCUT2D eigenvalue weighted by atomic mass is 32.2. The molecule has 0 unspecified atom stereocenters. The van der Waals surface area contributed by atoms with E-state index in [9.17, 15) is 23.3 Å². The van der Waals surface area contributed by atoms with Gasteiger partial charge in [0.15, 0.2) is 11.9 Å². The summed E-state index contributed by atoms with van der Waals surface area (Å²) in [6, 6.07) is 3.85. The first kappa shape index (κ1) is 20.1. The van der Waals surface area contributed by atoms with Gasteiger partial charge in [-0.1, -0.05) is 0 Å². The molecule has 1 aliphatic rings. The molecule has 1 heterocycles. The Morgan fingerprint density at radius 3 is 2.62 bits per heavy atom. The number of morpholine rings is 1. The minimum absolute atomic E-state index is 0.126. The van der Waals surface area contributed by atoms with Crippen LogP contribution in [-0.4, -0.2) is 62.8 Å². The van der Waals surface area contributed by atoms with Gasteiger partial charge in [-0.25, -0.2) is 0 Å². The largest absolute Gasteiger partial charge is 0.474 e. The first-order valence-electron chi connectivity index (χ1n) is 7.82. The zero-order valence-corrected chi connectivity index (χ0v) is 15.2. The van der Waals surface area contributed by atoms with Crippen LogP contribution < -0.4 is 4.74 Å². The maximum absolute atomic E-state index is 12.4. The van der Waals surface area contributed by atoms with Crippen LogP contribution in [0.15, 0.2) is 18.2 Å². The highest BCUT2D eigenvalue weighted by Crippen LogP contribution is 2.29. The predicted octanol–water partition coefficient (Wildman–Crippen LogP) is 0.697. The van der Waals surface area contributed by atoms with Crippen LogP contribution in [0.5, 0.6) is 5.75 Å². The maximum Gasteiger partial charge on any atom is 0.310 e. The van der Waals surface area contributed by atoms with Gasteiger partial charge in [-0.2, -0.15) is 8.42 Å². The number of benzene rings is 1. The maximum atomic E-state index is 12.4. The Balaban J connectivity index is 2.16. The summed E-state index contributed by atoms with van der Waals surface area (Å²) in [6.45, 7) is 2.92. The molecule has 1 fully saturated rings. The number of carbonyl (C=O) groups excluding carboxylic acids is 1. The van der Waals surface area contributed by atoms with Gasteiger partial charge in [0.25, 0.3) is 16.0 Å². The van der Waals surface area contributed by atoms with Crippen molar-refractivity contribution in [2.24, 2.45) is 0 Å². The molecule has 0 aliphatic carbocycles. The number of hydrogen-bond acceptors (Lipinski definition) is 8. The van der Waals surface area contributed by atoms with E-state index in [2.05, 4.69) is 4.18 Å². The van der Waals surface area contributed by atoms with Crippen LogP contribution in [0.2, 0.25) is 0 Å².